The van der Waals surface area contributed by atoms with Crippen molar-refractivity contribution in [2.45, 2.75) is 43.9 Å². The Morgan fingerprint density at radius 1 is 1.45 bits per heavy atom. The maximum absolute atomic E-state index is 11.9. The molecule has 0 aromatic carbocycles. The fourth-order valence-corrected chi connectivity index (χ4v) is 3.27. The van der Waals surface area contributed by atoms with Gasteiger partial charge < -0.3 is 10.1 Å². The van der Waals surface area contributed by atoms with Crippen molar-refractivity contribution in [2.24, 2.45) is 0 Å². The number of carbonyl (C=O) groups is 1. The molecule has 0 amide bonds. The van der Waals surface area contributed by atoms with Crippen molar-refractivity contribution in [1.29, 1.82) is 0 Å². The van der Waals surface area contributed by atoms with E-state index >= 15 is 0 Å². The Hall–Kier alpha value is -1.23. The van der Waals surface area contributed by atoms with Crippen molar-refractivity contribution in [3.63, 3.8) is 0 Å². The minimum absolute atomic E-state index is 0.305. The molecule has 0 radical (unpaired) electrons. The molecule has 1 fully saturated rings. The van der Waals surface area contributed by atoms with Gasteiger partial charge in [0.25, 0.3) is 0 Å². The smallest absolute Gasteiger partial charge is 0.341 e. The molecule has 1 aliphatic rings. The van der Waals surface area contributed by atoms with Crippen molar-refractivity contribution in [3.8, 4) is 0 Å². The van der Waals surface area contributed by atoms with Crippen LogP contribution < -0.4 is 5.32 Å². The standard InChI is InChI=1S/C15H22N2O2S/c1-3-19-15(18)13-5-4-10-16-14(13)17-11-6-8-12(20-2)9-7-11/h4-5,10-12H,3,6-9H2,1-2H3,(H,16,17). The summed E-state index contributed by atoms with van der Waals surface area (Å²) in [6, 6.07) is 3.93. The fraction of sp³-hybridized carbons (Fsp3) is 0.600. The van der Waals surface area contributed by atoms with Gasteiger partial charge in [0.15, 0.2) is 0 Å². The largest absolute Gasteiger partial charge is 0.462 e. The summed E-state index contributed by atoms with van der Waals surface area (Å²) in [5, 5.41) is 4.19. The molecule has 0 unspecified atom stereocenters. The summed E-state index contributed by atoms with van der Waals surface area (Å²) in [5.74, 6) is 0.347. The number of aromatic nitrogens is 1. The van der Waals surface area contributed by atoms with E-state index in [1.165, 1.54) is 12.8 Å². The second kappa shape index (κ2) is 7.53. The zero-order chi connectivity index (χ0) is 14.4. The van der Waals surface area contributed by atoms with E-state index in [2.05, 4.69) is 16.6 Å². The minimum atomic E-state index is -0.305. The number of anilines is 1. The van der Waals surface area contributed by atoms with Crippen molar-refractivity contribution in [3.05, 3.63) is 23.9 Å². The van der Waals surface area contributed by atoms with Gasteiger partial charge in [0.1, 0.15) is 11.4 Å². The first-order valence-electron chi connectivity index (χ1n) is 7.16. The number of nitrogens with one attached hydrogen (secondary N) is 1. The normalized spacial score (nSPS) is 22.3. The molecule has 2 rings (SSSR count). The first kappa shape index (κ1) is 15.2. The minimum Gasteiger partial charge on any atom is -0.462 e. The molecule has 110 valence electrons. The summed E-state index contributed by atoms with van der Waals surface area (Å²) in [6.07, 6.45) is 8.59. The maximum atomic E-state index is 11.9. The third-order valence-corrected chi connectivity index (χ3v) is 4.79. The molecular weight excluding hydrogens is 272 g/mol. The number of esters is 1. The SMILES string of the molecule is CCOC(=O)c1cccnc1NC1CCC(SC)CC1. The summed E-state index contributed by atoms with van der Waals surface area (Å²) in [6.45, 7) is 2.19. The van der Waals surface area contributed by atoms with Crippen LogP contribution in [0.4, 0.5) is 5.82 Å². The molecule has 5 heteroatoms. The molecule has 0 saturated heterocycles. The van der Waals surface area contributed by atoms with Gasteiger partial charge in [-0.25, -0.2) is 9.78 Å². The highest BCUT2D eigenvalue weighted by molar-refractivity contribution is 7.99. The van der Waals surface area contributed by atoms with E-state index in [1.54, 1.807) is 18.3 Å². The number of carbonyl (C=O) groups excluding carboxylic acids is 1. The lowest BCUT2D eigenvalue weighted by atomic mass is 9.95. The predicted octanol–water partition coefficient (Wildman–Crippen LogP) is 3.34. The summed E-state index contributed by atoms with van der Waals surface area (Å²) in [5.41, 5.74) is 0.529. The van der Waals surface area contributed by atoms with Gasteiger partial charge in [0, 0.05) is 17.5 Å². The molecule has 1 aromatic rings. The van der Waals surface area contributed by atoms with Crippen LogP contribution in [-0.2, 0) is 4.74 Å². The lowest BCUT2D eigenvalue weighted by molar-refractivity contribution is 0.0527. The third kappa shape index (κ3) is 3.88. The van der Waals surface area contributed by atoms with Gasteiger partial charge >= 0.3 is 5.97 Å². The highest BCUT2D eigenvalue weighted by Crippen LogP contribution is 2.29. The number of rotatable bonds is 5. The van der Waals surface area contributed by atoms with E-state index in [0.29, 0.717) is 24.0 Å². The molecule has 1 aromatic heterocycles. The molecule has 0 aliphatic heterocycles. The van der Waals surface area contributed by atoms with Crippen LogP contribution in [0.3, 0.4) is 0 Å². The summed E-state index contributed by atoms with van der Waals surface area (Å²) in [7, 11) is 0. The molecule has 4 nitrogen and oxygen atoms in total. The van der Waals surface area contributed by atoms with Gasteiger partial charge in [-0.3, -0.25) is 0 Å². The number of ether oxygens (including phenoxy) is 1. The Morgan fingerprint density at radius 2 is 2.20 bits per heavy atom. The van der Waals surface area contributed by atoms with E-state index in [1.807, 2.05) is 18.7 Å². The van der Waals surface area contributed by atoms with Gasteiger partial charge in [-0.1, -0.05) is 0 Å². The Labute approximate surface area is 124 Å². The fourth-order valence-electron chi connectivity index (χ4n) is 2.53. The second-order valence-electron chi connectivity index (χ2n) is 4.97. The van der Waals surface area contributed by atoms with Gasteiger partial charge in [-0.2, -0.15) is 11.8 Å². The first-order valence-corrected chi connectivity index (χ1v) is 8.44. The molecule has 1 heterocycles. The van der Waals surface area contributed by atoms with Crippen LogP contribution in [0.25, 0.3) is 0 Å². The van der Waals surface area contributed by atoms with E-state index in [0.717, 1.165) is 18.1 Å². The van der Waals surface area contributed by atoms with Crippen LogP contribution in [0.2, 0.25) is 0 Å². The Kier molecular flexibility index (Phi) is 5.71. The predicted molar refractivity (Wildman–Crippen MR) is 83.4 cm³/mol. The van der Waals surface area contributed by atoms with Crippen molar-refractivity contribution < 1.29 is 9.53 Å². The van der Waals surface area contributed by atoms with Crippen LogP contribution in [0.1, 0.15) is 43.0 Å². The number of nitrogens with zero attached hydrogens (tertiary/aromatic N) is 1. The Bertz CT molecular complexity index is 445. The van der Waals surface area contributed by atoms with Crippen LogP contribution >= 0.6 is 11.8 Å². The average Bonchev–Trinajstić information content (AvgIpc) is 2.49. The molecule has 1 aliphatic carbocycles. The van der Waals surface area contributed by atoms with Crippen molar-refractivity contribution in [1.82, 2.24) is 4.98 Å². The lowest BCUT2D eigenvalue weighted by Gasteiger charge is -2.28. The van der Waals surface area contributed by atoms with Crippen LogP contribution in [0.15, 0.2) is 18.3 Å². The zero-order valence-electron chi connectivity index (χ0n) is 12.1. The summed E-state index contributed by atoms with van der Waals surface area (Å²) in [4.78, 5) is 16.2. The molecule has 0 spiro atoms. The van der Waals surface area contributed by atoms with Gasteiger partial charge in [0.2, 0.25) is 0 Å². The topological polar surface area (TPSA) is 51.2 Å². The first-order chi connectivity index (χ1) is 9.74. The van der Waals surface area contributed by atoms with E-state index < -0.39 is 0 Å². The molecule has 0 atom stereocenters. The molecule has 1 saturated carbocycles. The highest BCUT2D eigenvalue weighted by Gasteiger charge is 2.22. The Morgan fingerprint density at radius 3 is 2.85 bits per heavy atom. The van der Waals surface area contributed by atoms with Crippen LogP contribution in [-0.4, -0.2) is 35.1 Å². The number of hydrogen-bond acceptors (Lipinski definition) is 5. The third-order valence-electron chi connectivity index (χ3n) is 3.65. The summed E-state index contributed by atoms with van der Waals surface area (Å²) >= 11 is 1.95. The highest BCUT2D eigenvalue weighted by atomic mass is 32.2. The molecular formula is C15H22N2O2S. The van der Waals surface area contributed by atoms with E-state index in [-0.39, 0.29) is 5.97 Å². The number of hydrogen-bond donors (Lipinski definition) is 1. The Balaban J connectivity index is 2.01. The van der Waals surface area contributed by atoms with Crippen molar-refractivity contribution in [2.75, 3.05) is 18.2 Å². The quantitative estimate of drug-likeness (QED) is 0.844. The van der Waals surface area contributed by atoms with Crippen molar-refractivity contribution >= 4 is 23.5 Å². The zero-order valence-corrected chi connectivity index (χ0v) is 12.9. The summed E-state index contributed by atoms with van der Waals surface area (Å²) < 4.78 is 5.07. The maximum Gasteiger partial charge on any atom is 0.341 e. The van der Waals surface area contributed by atoms with E-state index in [4.69, 9.17) is 4.74 Å². The van der Waals surface area contributed by atoms with E-state index in [9.17, 15) is 4.79 Å². The molecule has 0 bridgehead atoms. The lowest BCUT2D eigenvalue weighted by Crippen LogP contribution is -2.28. The van der Waals surface area contributed by atoms with Gasteiger partial charge in [-0.05, 0) is 51.0 Å². The van der Waals surface area contributed by atoms with Crippen LogP contribution in [0, 0.1) is 0 Å². The number of thioether (sulfide) groups is 1. The van der Waals surface area contributed by atoms with Gasteiger partial charge in [-0.15, -0.1) is 0 Å². The van der Waals surface area contributed by atoms with Crippen LogP contribution in [0.5, 0.6) is 0 Å². The monoisotopic (exact) mass is 294 g/mol. The number of pyridine rings is 1. The molecule has 1 N–H and O–H groups in total. The second-order valence-corrected chi connectivity index (χ2v) is 6.11. The average molecular weight is 294 g/mol. The molecule has 20 heavy (non-hydrogen) atoms. The van der Waals surface area contributed by atoms with Gasteiger partial charge in [0.05, 0.1) is 6.61 Å².